The quantitative estimate of drug-likeness (QED) is 0.757. The van der Waals surface area contributed by atoms with E-state index in [-0.39, 0.29) is 0 Å². The Hall–Kier alpha value is -1.71. The molecular weight excluding hydrogens is 188 g/mol. The highest BCUT2D eigenvalue weighted by Gasteiger charge is 2.00. The van der Waals surface area contributed by atoms with Gasteiger partial charge in [-0.05, 0) is 18.6 Å². The molecule has 2 rings (SSSR count). The van der Waals surface area contributed by atoms with Crippen LogP contribution in [0.25, 0.3) is 0 Å². The lowest BCUT2D eigenvalue weighted by atomic mass is 10.3. The summed E-state index contributed by atoms with van der Waals surface area (Å²) in [4.78, 5) is 4.24. The number of nitrogens with zero attached hydrogens (tertiary/aromatic N) is 4. The highest BCUT2D eigenvalue weighted by Crippen LogP contribution is 2.00. The van der Waals surface area contributed by atoms with E-state index in [1.54, 1.807) is 6.20 Å². The zero-order valence-corrected chi connectivity index (χ0v) is 8.80. The Morgan fingerprint density at radius 2 is 2.20 bits per heavy atom. The molecule has 15 heavy (non-hydrogen) atoms. The SMILES string of the molecule is CCCc1cn(Cc2ccccn2)nn1. The second-order valence-electron chi connectivity index (χ2n) is 3.48. The van der Waals surface area contributed by atoms with Crippen molar-refractivity contribution in [1.29, 1.82) is 0 Å². The fraction of sp³-hybridized carbons (Fsp3) is 0.364. The number of hydrogen-bond acceptors (Lipinski definition) is 3. The third kappa shape index (κ3) is 2.62. The summed E-state index contributed by atoms with van der Waals surface area (Å²) >= 11 is 0. The van der Waals surface area contributed by atoms with E-state index in [0.29, 0.717) is 6.54 Å². The van der Waals surface area contributed by atoms with Gasteiger partial charge in [0.1, 0.15) is 0 Å². The molecule has 0 saturated heterocycles. The van der Waals surface area contributed by atoms with E-state index in [4.69, 9.17) is 0 Å². The Bertz CT molecular complexity index is 408. The molecule has 0 aliphatic heterocycles. The zero-order valence-electron chi connectivity index (χ0n) is 8.80. The molecule has 0 N–H and O–H groups in total. The maximum Gasteiger partial charge on any atom is 0.0849 e. The highest BCUT2D eigenvalue weighted by atomic mass is 15.4. The summed E-state index contributed by atoms with van der Waals surface area (Å²) in [7, 11) is 0. The van der Waals surface area contributed by atoms with Gasteiger partial charge in [-0.3, -0.25) is 4.98 Å². The van der Waals surface area contributed by atoms with Crippen LogP contribution < -0.4 is 0 Å². The van der Waals surface area contributed by atoms with Crippen LogP contribution in [0.4, 0.5) is 0 Å². The smallest absolute Gasteiger partial charge is 0.0849 e. The van der Waals surface area contributed by atoms with Crippen molar-refractivity contribution < 1.29 is 0 Å². The highest BCUT2D eigenvalue weighted by molar-refractivity contribution is 5.04. The summed E-state index contributed by atoms with van der Waals surface area (Å²) in [5, 5.41) is 8.14. The first-order valence-corrected chi connectivity index (χ1v) is 5.17. The van der Waals surface area contributed by atoms with Crippen molar-refractivity contribution in [2.45, 2.75) is 26.3 Å². The van der Waals surface area contributed by atoms with Gasteiger partial charge in [0, 0.05) is 12.4 Å². The van der Waals surface area contributed by atoms with Crippen LogP contribution in [-0.4, -0.2) is 20.0 Å². The minimum Gasteiger partial charge on any atom is -0.259 e. The standard InChI is InChI=1S/C11H14N4/c1-2-5-11-9-15(14-13-11)8-10-6-3-4-7-12-10/h3-4,6-7,9H,2,5,8H2,1H3. The zero-order chi connectivity index (χ0) is 10.5. The van der Waals surface area contributed by atoms with Crippen molar-refractivity contribution in [2.75, 3.05) is 0 Å². The lowest BCUT2D eigenvalue weighted by Gasteiger charge is -1.98. The normalized spacial score (nSPS) is 10.5. The summed E-state index contributed by atoms with van der Waals surface area (Å²) in [5.74, 6) is 0. The van der Waals surface area contributed by atoms with Gasteiger partial charge in [-0.1, -0.05) is 24.6 Å². The van der Waals surface area contributed by atoms with Gasteiger partial charge in [0.25, 0.3) is 0 Å². The molecule has 4 nitrogen and oxygen atoms in total. The molecular formula is C11H14N4. The van der Waals surface area contributed by atoms with Gasteiger partial charge in [0.15, 0.2) is 0 Å². The van der Waals surface area contributed by atoms with E-state index >= 15 is 0 Å². The first kappa shape index (κ1) is 9.83. The molecule has 0 saturated carbocycles. The van der Waals surface area contributed by atoms with E-state index in [9.17, 15) is 0 Å². The number of aryl methyl sites for hydroxylation is 1. The van der Waals surface area contributed by atoms with Crippen LogP contribution >= 0.6 is 0 Å². The van der Waals surface area contributed by atoms with Crippen molar-refractivity contribution >= 4 is 0 Å². The first-order chi connectivity index (χ1) is 7.38. The summed E-state index contributed by atoms with van der Waals surface area (Å²) in [6, 6.07) is 5.88. The maximum absolute atomic E-state index is 4.24. The molecule has 2 heterocycles. The molecule has 0 aliphatic carbocycles. The molecule has 0 fully saturated rings. The number of pyridine rings is 1. The topological polar surface area (TPSA) is 43.6 Å². The molecule has 0 aliphatic rings. The molecule has 0 spiro atoms. The monoisotopic (exact) mass is 202 g/mol. The largest absolute Gasteiger partial charge is 0.259 e. The Morgan fingerprint density at radius 3 is 2.93 bits per heavy atom. The fourth-order valence-corrected chi connectivity index (χ4v) is 1.44. The van der Waals surface area contributed by atoms with Crippen molar-refractivity contribution in [3.05, 3.63) is 42.0 Å². The van der Waals surface area contributed by atoms with Crippen molar-refractivity contribution in [3.63, 3.8) is 0 Å². The Balaban J connectivity index is 2.05. The van der Waals surface area contributed by atoms with Crippen LogP contribution in [0.1, 0.15) is 24.7 Å². The van der Waals surface area contributed by atoms with E-state index in [1.807, 2.05) is 29.1 Å². The van der Waals surface area contributed by atoms with Gasteiger partial charge in [-0.25, -0.2) is 4.68 Å². The fourth-order valence-electron chi connectivity index (χ4n) is 1.44. The Morgan fingerprint density at radius 1 is 1.27 bits per heavy atom. The van der Waals surface area contributed by atoms with Crippen LogP contribution in [0.5, 0.6) is 0 Å². The molecule has 78 valence electrons. The molecule has 0 bridgehead atoms. The van der Waals surface area contributed by atoms with Gasteiger partial charge < -0.3 is 0 Å². The van der Waals surface area contributed by atoms with Gasteiger partial charge in [-0.15, -0.1) is 5.10 Å². The second-order valence-corrected chi connectivity index (χ2v) is 3.48. The van der Waals surface area contributed by atoms with Crippen molar-refractivity contribution in [2.24, 2.45) is 0 Å². The van der Waals surface area contributed by atoms with Crippen LogP contribution in [0.2, 0.25) is 0 Å². The molecule has 0 radical (unpaired) electrons. The number of rotatable bonds is 4. The molecule has 0 unspecified atom stereocenters. The third-order valence-corrected chi connectivity index (χ3v) is 2.14. The predicted octanol–water partition coefficient (Wildman–Crippen LogP) is 1.67. The van der Waals surface area contributed by atoms with Gasteiger partial charge >= 0.3 is 0 Å². The van der Waals surface area contributed by atoms with E-state index in [0.717, 1.165) is 24.2 Å². The minimum atomic E-state index is 0.692. The van der Waals surface area contributed by atoms with E-state index in [2.05, 4.69) is 22.2 Å². The molecule has 0 atom stereocenters. The Kier molecular flexibility index (Phi) is 3.07. The van der Waals surface area contributed by atoms with Gasteiger partial charge in [0.2, 0.25) is 0 Å². The molecule has 0 amide bonds. The van der Waals surface area contributed by atoms with E-state index in [1.165, 1.54) is 0 Å². The molecule has 4 heteroatoms. The van der Waals surface area contributed by atoms with Gasteiger partial charge in [-0.2, -0.15) is 0 Å². The molecule has 2 aromatic rings. The third-order valence-electron chi connectivity index (χ3n) is 2.14. The summed E-state index contributed by atoms with van der Waals surface area (Å²) in [6.45, 7) is 2.83. The number of hydrogen-bond donors (Lipinski definition) is 0. The number of aromatic nitrogens is 4. The minimum absolute atomic E-state index is 0.692. The van der Waals surface area contributed by atoms with Crippen molar-refractivity contribution in [3.8, 4) is 0 Å². The Labute approximate surface area is 89.0 Å². The van der Waals surface area contributed by atoms with Gasteiger partial charge in [0.05, 0.1) is 17.9 Å². The lowest BCUT2D eigenvalue weighted by Crippen LogP contribution is -2.01. The van der Waals surface area contributed by atoms with Crippen LogP contribution in [0.3, 0.4) is 0 Å². The summed E-state index contributed by atoms with van der Waals surface area (Å²) in [5.41, 5.74) is 2.05. The van der Waals surface area contributed by atoms with Crippen molar-refractivity contribution in [1.82, 2.24) is 20.0 Å². The second kappa shape index (κ2) is 4.68. The first-order valence-electron chi connectivity index (χ1n) is 5.17. The van der Waals surface area contributed by atoms with Crippen LogP contribution in [-0.2, 0) is 13.0 Å². The van der Waals surface area contributed by atoms with Crippen LogP contribution in [0.15, 0.2) is 30.6 Å². The van der Waals surface area contributed by atoms with E-state index < -0.39 is 0 Å². The average molecular weight is 202 g/mol. The predicted molar refractivity (Wildman–Crippen MR) is 57.4 cm³/mol. The van der Waals surface area contributed by atoms with Crippen LogP contribution in [0, 0.1) is 0 Å². The average Bonchev–Trinajstić information content (AvgIpc) is 2.68. The maximum atomic E-state index is 4.24. The lowest BCUT2D eigenvalue weighted by molar-refractivity contribution is 0.638. The molecule has 0 aromatic carbocycles. The molecule has 2 aromatic heterocycles. The summed E-state index contributed by atoms with van der Waals surface area (Å²) < 4.78 is 1.83. The summed E-state index contributed by atoms with van der Waals surface area (Å²) in [6.07, 6.45) is 5.86.